The van der Waals surface area contributed by atoms with Crippen LogP contribution in [0.25, 0.3) is 10.9 Å². The molecule has 1 saturated carbocycles. The molecular formula is C25H29ClFN5O2. The number of nitrogens with one attached hydrogen (secondary N) is 1. The SMILES string of the molecule is COc1cc2ncnc(Nc3ccc(F)c(Cl)c3)c2cc1OCCCN1CC2C(C1)C2N(C)C. The highest BCUT2D eigenvalue weighted by Crippen LogP contribution is 2.47. The van der Waals surface area contributed by atoms with Gasteiger partial charge in [0.15, 0.2) is 11.5 Å². The van der Waals surface area contributed by atoms with Crippen LogP contribution >= 0.6 is 11.6 Å². The molecule has 7 nitrogen and oxygen atoms in total. The Morgan fingerprint density at radius 2 is 1.94 bits per heavy atom. The topological polar surface area (TPSA) is 62.8 Å². The maximum atomic E-state index is 13.5. The first kappa shape index (κ1) is 23.1. The Morgan fingerprint density at radius 3 is 2.65 bits per heavy atom. The minimum Gasteiger partial charge on any atom is -0.493 e. The number of ether oxygens (including phenoxy) is 2. The summed E-state index contributed by atoms with van der Waals surface area (Å²) in [5.41, 5.74) is 1.34. The molecule has 0 spiro atoms. The van der Waals surface area contributed by atoms with Gasteiger partial charge in [0.1, 0.15) is 18.0 Å². The summed E-state index contributed by atoms with van der Waals surface area (Å²) in [5.74, 6) is 3.03. The summed E-state index contributed by atoms with van der Waals surface area (Å²) in [6.45, 7) is 4.00. The first-order valence-electron chi connectivity index (χ1n) is 11.5. The van der Waals surface area contributed by atoms with Crippen LogP contribution in [0.5, 0.6) is 11.5 Å². The predicted octanol–water partition coefficient (Wildman–Crippen LogP) is 4.44. The van der Waals surface area contributed by atoms with Crippen molar-refractivity contribution in [2.45, 2.75) is 12.5 Å². The Bertz CT molecular complexity index is 1180. The van der Waals surface area contributed by atoms with Gasteiger partial charge in [-0.2, -0.15) is 0 Å². The number of nitrogens with zero attached hydrogens (tertiary/aromatic N) is 4. The zero-order chi connectivity index (χ0) is 23.8. The smallest absolute Gasteiger partial charge is 0.162 e. The molecule has 0 radical (unpaired) electrons. The van der Waals surface area contributed by atoms with Gasteiger partial charge in [-0.25, -0.2) is 14.4 Å². The normalized spacial score (nSPS) is 21.6. The standard InChI is InChI=1S/C25H29ClFN5O2/c1-31(2)24-17-12-32(13-18(17)24)7-4-8-34-23-10-16-21(11-22(23)33-3)28-14-29-25(16)30-15-5-6-20(27)19(26)9-15/h5-6,9-11,14,17-18,24H,4,7-8,12-13H2,1-3H3,(H,28,29,30). The fourth-order valence-corrected chi connectivity index (χ4v) is 5.33. The summed E-state index contributed by atoms with van der Waals surface area (Å²) in [6, 6.07) is 8.94. The molecule has 2 fully saturated rings. The Labute approximate surface area is 203 Å². The number of fused-ring (bicyclic) bond motifs is 2. The molecule has 0 amide bonds. The van der Waals surface area contributed by atoms with Crippen molar-refractivity contribution in [1.82, 2.24) is 19.8 Å². The second kappa shape index (κ2) is 9.52. The van der Waals surface area contributed by atoms with E-state index in [-0.39, 0.29) is 5.02 Å². The lowest BCUT2D eigenvalue weighted by Crippen LogP contribution is -2.31. The lowest BCUT2D eigenvalue weighted by molar-refractivity contribution is 0.222. The van der Waals surface area contributed by atoms with E-state index in [4.69, 9.17) is 21.1 Å². The number of hydrogen-bond donors (Lipinski definition) is 1. The monoisotopic (exact) mass is 485 g/mol. The average molecular weight is 486 g/mol. The van der Waals surface area contributed by atoms with E-state index in [1.807, 2.05) is 12.1 Å². The number of likely N-dealkylation sites (tertiary alicyclic amines) is 1. The zero-order valence-electron chi connectivity index (χ0n) is 19.6. The van der Waals surface area contributed by atoms with Gasteiger partial charge in [0.25, 0.3) is 0 Å². The van der Waals surface area contributed by atoms with Crippen LogP contribution in [0.1, 0.15) is 6.42 Å². The number of hydrogen-bond acceptors (Lipinski definition) is 7. The highest BCUT2D eigenvalue weighted by Gasteiger charge is 2.56. The number of methoxy groups -OCH3 is 1. The van der Waals surface area contributed by atoms with Crippen LogP contribution in [0.3, 0.4) is 0 Å². The van der Waals surface area contributed by atoms with Crippen LogP contribution < -0.4 is 14.8 Å². The molecule has 9 heteroatoms. The summed E-state index contributed by atoms with van der Waals surface area (Å²) in [6.07, 6.45) is 2.41. The Kier molecular flexibility index (Phi) is 6.46. The minimum atomic E-state index is -0.469. The van der Waals surface area contributed by atoms with Crippen molar-refractivity contribution in [3.8, 4) is 11.5 Å². The van der Waals surface area contributed by atoms with Gasteiger partial charge in [-0.15, -0.1) is 0 Å². The molecule has 0 bridgehead atoms. The molecule has 1 saturated heterocycles. The van der Waals surface area contributed by atoms with E-state index in [1.54, 1.807) is 13.2 Å². The summed E-state index contributed by atoms with van der Waals surface area (Å²) >= 11 is 5.92. The van der Waals surface area contributed by atoms with Crippen molar-refractivity contribution in [1.29, 1.82) is 0 Å². The van der Waals surface area contributed by atoms with Crippen LogP contribution in [0.2, 0.25) is 5.02 Å². The summed E-state index contributed by atoms with van der Waals surface area (Å²) < 4.78 is 25.2. The molecule has 3 aromatic rings. The lowest BCUT2D eigenvalue weighted by atomic mass is 10.2. The van der Waals surface area contributed by atoms with E-state index < -0.39 is 5.82 Å². The molecule has 1 aliphatic carbocycles. The molecule has 180 valence electrons. The van der Waals surface area contributed by atoms with E-state index in [2.05, 4.69) is 39.2 Å². The van der Waals surface area contributed by atoms with Gasteiger partial charge in [0.05, 0.1) is 24.3 Å². The fraction of sp³-hybridized carbons (Fsp3) is 0.440. The first-order valence-corrected chi connectivity index (χ1v) is 11.9. The van der Waals surface area contributed by atoms with Crippen molar-refractivity contribution >= 4 is 34.0 Å². The number of anilines is 2. The van der Waals surface area contributed by atoms with Crippen molar-refractivity contribution in [2.75, 3.05) is 52.8 Å². The van der Waals surface area contributed by atoms with Crippen LogP contribution in [0, 0.1) is 17.7 Å². The zero-order valence-corrected chi connectivity index (χ0v) is 20.3. The van der Waals surface area contributed by atoms with Crippen molar-refractivity contribution in [2.24, 2.45) is 11.8 Å². The highest BCUT2D eigenvalue weighted by atomic mass is 35.5. The largest absolute Gasteiger partial charge is 0.493 e. The van der Waals surface area contributed by atoms with E-state index >= 15 is 0 Å². The predicted molar refractivity (Wildman–Crippen MR) is 132 cm³/mol. The van der Waals surface area contributed by atoms with E-state index in [9.17, 15) is 4.39 Å². The molecule has 2 atom stereocenters. The number of piperidine rings is 1. The Balaban J connectivity index is 1.24. The van der Waals surface area contributed by atoms with Gasteiger partial charge in [0.2, 0.25) is 0 Å². The van der Waals surface area contributed by atoms with E-state index in [0.717, 1.165) is 36.2 Å². The van der Waals surface area contributed by atoms with Gasteiger partial charge >= 0.3 is 0 Å². The number of benzene rings is 2. The quantitative estimate of drug-likeness (QED) is 0.450. The molecule has 5 rings (SSSR count). The van der Waals surface area contributed by atoms with Crippen LogP contribution in [0.4, 0.5) is 15.9 Å². The van der Waals surface area contributed by atoms with Gasteiger partial charge in [-0.3, -0.25) is 0 Å². The van der Waals surface area contributed by atoms with Crippen molar-refractivity contribution in [3.05, 3.63) is 47.5 Å². The van der Waals surface area contributed by atoms with Gasteiger partial charge in [0, 0.05) is 42.8 Å². The lowest BCUT2D eigenvalue weighted by Gasteiger charge is -2.22. The van der Waals surface area contributed by atoms with Crippen molar-refractivity contribution in [3.63, 3.8) is 0 Å². The molecule has 2 unspecified atom stereocenters. The summed E-state index contributed by atoms with van der Waals surface area (Å²) in [7, 11) is 5.98. The molecule has 2 heterocycles. The average Bonchev–Trinajstić information content (AvgIpc) is 3.34. The molecule has 2 aromatic carbocycles. The fourth-order valence-electron chi connectivity index (χ4n) is 5.15. The molecule has 1 aliphatic heterocycles. The third-order valence-electron chi connectivity index (χ3n) is 6.80. The second-order valence-corrected chi connectivity index (χ2v) is 9.65. The summed E-state index contributed by atoms with van der Waals surface area (Å²) in [5, 5.41) is 4.01. The van der Waals surface area contributed by atoms with E-state index in [1.165, 1.54) is 31.5 Å². The van der Waals surface area contributed by atoms with E-state index in [0.29, 0.717) is 35.1 Å². The van der Waals surface area contributed by atoms with Gasteiger partial charge in [-0.1, -0.05) is 11.6 Å². The summed E-state index contributed by atoms with van der Waals surface area (Å²) in [4.78, 5) is 13.6. The number of halogens is 2. The minimum absolute atomic E-state index is 0.0431. The third-order valence-corrected chi connectivity index (χ3v) is 7.09. The highest BCUT2D eigenvalue weighted by molar-refractivity contribution is 6.31. The van der Waals surface area contributed by atoms with Gasteiger partial charge in [-0.05, 0) is 56.6 Å². The second-order valence-electron chi connectivity index (χ2n) is 9.24. The number of rotatable bonds is 9. The Morgan fingerprint density at radius 1 is 1.15 bits per heavy atom. The third kappa shape index (κ3) is 4.62. The van der Waals surface area contributed by atoms with Crippen LogP contribution in [0.15, 0.2) is 36.7 Å². The van der Waals surface area contributed by atoms with Crippen LogP contribution in [-0.4, -0.2) is 73.3 Å². The maximum Gasteiger partial charge on any atom is 0.162 e. The van der Waals surface area contributed by atoms with Crippen LogP contribution in [-0.2, 0) is 0 Å². The first-order chi connectivity index (χ1) is 16.4. The Hall–Kier alpha value is -2.68. The molecule has 1 aromatic heterocycles. The van der Waals surface area contributed by atoms with Crippen molar-refractivity contribution < 1.29 is 13.9 Å². The molecule has 1 N–H and O–H groups in total. The number of aromatic nitrogens is 2. The molecular weight excluding hydrogens is 457 g/mol. The maximum absolute atomic E-state index is 13.5. The molecule has 2 aliphatic rings. The van der Waals surface area contributed by atoms with Gasteiger partial charge < -0.3 is 24.6 Å². The molecule has 34 heavy (non-hydrogen) atoms.